The number of carbonyl (C=O) groups excluding carboxylic acids is 1. The van der Waals surface area contributed by atoms with Crippen molar-refractivity contribution in [3.63, 3.8) is 0 Å². The van der Waals surface area contributed by atoms with Crippen molar-refractivity contribution in [1.82, 2.24) is 0 Å². The van der Waals surface area contributed by atoms with Gasteiger partial charge in [0.25, 0.3) is 0 Å². The van der Waals surface area contributed by atoms with E-state index in [1.54, 1.807) is 0 Å². The predicted octanol–water partition coefficient (Wildman–Crippen LogP) is 4.08. The Morgan fingerprint density at radius 2 is 1.83 bits per heavy atom. The summed E-state index contributed by atoms with van der Waals surface area (Å²) in [5.74, 6) is 2.41. The van der Waals surface area contributed by atoms with Gasteiger partial charge in [0.1, 0.15) is 0 Å². The maximum atomic E-state index is 11.6. The Bertz CT molecular complexity index is 801. The Kier molecular flexibility index (Phi) is 2.99. The molecule has 0 saturated heterocycles. The van der Waals surface area contributed by atoms with Crippen molar-refractivity contribution < 1.29 is 4.79 Å². The molecule has 24 heavy (non-hydrogen) atoms. The van der Waals surface area contributed by atoms with E-state index in [1.807, 2.05) is 18.2 Å². The zero-order chi connectivity index (χ0) is 16.3. The maximum Gasteiger partial charge on any atom is 0.248 e. The monoisotopic (exact) mass is 318 g/mol. The van der Waals surface area contributed by atoms with Gasteiger partial charge in [-0.15, -0.1) is 0 Å². The molecule has 2 aliphatic carbocycles. The van der Waals surface area contributed by atoms with E-state index in [1.165, 1.54) is 36.1 Å². The topological polar surface area (TPSA) is 55.1 Å². The second-order valence-corrected chi connectivity index (χ2v) is 7.64. The number of amides is 1. The van der Waals surface area contributed by atoms with Gasteiger partial charge in [0.2, 0.25) is 5.91 Å². The van der Waals surface area contributed by atoms with Gasteiger partial charge in [-0.3, -0.25) is 4.79 Å². The van der Waals surface area contributed by atoms with E-state index in [-0.39, 0.29) is 5.91 Å². The molecule has 3 aliphatic rings. The average Bonchev–Trinajstić information content (AvgIpc) is 3.23. The third-order valence-corrected chi connectivity index (χ3v) is 6.53. The van der Waals surface area contributed by atoms with Crippen LogP contribution in [0.15, 0.2) is 48.5 Å². The summed E-state index contributed by atoms with van der Waals surface area (Å²) in [4.78, 5) is 11.6. The van der Waals surface area contributed by atoms with Crippen LogP contribution in [-0.2, 0) is 0 Å². The zero-order valence-electron chi connectivity index (χ0n) is 13.6. The number of rotatable bonds is 2. The van der Waals surface area contributed by atoms with E-state index in [2.05, 4.69) is 35.6 Å². The Morgan fingerprint density at radius 1 is 1.04 bits per heavy atom. The first-order chi connectivity index (χ1) is 11.7. The minimum atomic E-state index is -0.331. The van der Waals surface area contributed by atoms with Crippen molar-refractivity contribution in [2.24, 2.45) is 23.5 Å². The molecule has 2 fully saturated rings. The number of fused-ring (bicyclic) bond motifs is 7. The van der Waals surface area contributed by atoms with Crippen LogP contribution in [0.25, 0.3) is 0 Å². The second kappa shape index (κ2) is 5.10. The smallest absolute Gasteiger partial charge is 0.248 e. The van der Waals surface area contributed by atoms with Crippen LogP contribution < -0.4 is 11.1 Å². The molecule has 2 saturated carbocycles. The first kappa shape index (κ1) is 14.1. The van der Waals surface area contributed by atoms with Crippen molar-refractivity contribution in [3.8, 4) is 0 Å². The minimum Gasteiger partial charge on any atom is -0.378 e. The molecule has 0 unspecified atom stereocenters. The molecule has 2 aromatic carbocycles. The molecular formula is C21H22N2O. The van der Waals surface area contributed by atoms with Crippen LogP contribution in [0.2, 0.25) is 0 Å². The van der Waals surface area contributed by atoms with E-state index in [4.69, 9.17) is 5.73 Å². The van der Waals surface area contributed by atoms with Crippen molar-refractivity contribution in [3.05, 3.63) is 65.2 Å². The molecule has 1 aliphatic heterocycles. The van der Waals surface area contributed by atoms with Gasteiger partial charge in [-0.05, 0) is 72.3 Å². The molecule has 3 nitrogen and oxygen atoms in total. The van der Waals surface area contributed by atoms with Crippen LogP contribution >= 0.6 is 0 Å². The van der Waals surface area contributed by atoms with Crippen LogP contribution in [0, 0.1) is 17.8 Å². The largest absolute Gasteiger partial charge is 0.378 e. The summed E-state index contributed by atoms with van der Waals surface area (Å²) < 4.78 is 0. The number of hydrogen-bond donors (Lipinski definition) is 2. The van der Waals surface area contributed by atoms with E-state index in [0.717, 1.165) is 11.8 Å². The average molecular weight is 318 g/mol. The number of carbonyl (C=O) groups is 1. The minimum absolute atomic E-state index is 0.331. The van der Waals surface area contributed by atoms with Crippen LogP contribution in [0.1, 0.15) is 52.7 Å². The fourth-order valence-electron chi connectivity index (χ4n) is 5.63. The Balaban J connectivity index is 1.64. The van der Waals surface area contributed by atoms with E-state index < -0.39 is 0 Å². The summed E-state index contributed by atoms with van der Waals surface area (Å²) in [6.45, 7) is 0. The molecule has 1 heterocycles. The third-order valence-electron chi connectivity index (χ3n) is 6.53. The highest BCUT2D eigenvalue weighted by Gasteiger charge is 2.53. The first-order valence-electron chi connectivity index (χ1n) is 8.97. The molecular weight excluding hydrogens is 296 g/mol. The summed E-state index contributed by atoms with van der Waals surface area (Å²) in [5.41, 5.74) is 10.0. The quantitative estimate of drug-likeness (QED) is 0.876. The third kappa shape index (κ3) is 1.94. The lowest BCUT2D eigenvalue weighted by Crippen LogP contribution is -2.35. The molecule has 0 aromatic heterocycles. The number of nitrogens with one attached hydrogen (secondary N) is 1. The van der Waals surface area contributed by atoms with Crippen molar-refractivity contribution in [2.45, 2.75) is 31.2 Å². The molecule has 1 amide bonds. The number of hydrogen-bond acceptors (Lipinski definition) is 2. The van der Waals surface area contributed by atoms with E-state index in [9.17, 15) is 4.79 Å². The normalized spacial score (nSPS) is 32.8. The molecule has 0 spiro atoms. The Labute approximate surface area is 142 Å². The summed E-state index contributed by atoms with van der Waals surface area (Å²) in [5, 5.41) is 3.78. The van der Waals surface area contributed by atoms with E-state index >= 15 is 0 Å². The fourth-order valence-corrected chi connectivity index (χ4v) is 5.63. The highest BCUT2D eigenvalue weighted by Crippen LogP contribution is 2.63. The predicted molar refractivity (Wildman–Crippen MR) is 94.8 cm³/mol. The highest BCUT2D eigenvalue weighted by atomic mass is 16.1. The summed E-state index contributed by atoms with van der Waals surface area (Å²) in [7, 11) is 0. The fraction of sp³-hybridized carbons (Fsp3) is 0.381. The molecule has 2 aromatic rings. The summed E-state index contributed by atoms with van der Waals surface area (Å²) >= 11 is 0. The van der Waals surface area contributed by atoms with Crippen LogP contribution in [0.4, 0.5) is 5.69 Å². The number of nitrogens with two attached hydrogens (primary N) is 1. The van der Waals surface area contributed by atoms with Crippen molar-refractivity contribution >= 4 is 11.6 Å². The zero-order valence-corrected chi connectivity index (χ0v) is 13.6. The highest BCUT2D eigenvalue weighted by molar-refractivity contribution is 5.93. The molecule has 5 atom stereocenters. The first-order valence-corrected chi connectivity index (χ1v) is 8.97. The molecule has 5 rings (SSSR count). The standard InChI is InChI=1S/C21H22N2O/c22-21(24)15-8-9-17-16(11-15)18-13-6-7-14(10-13)19(18)20(23-17)12-4-2-1-3-5-12/h1-5,8-9,11,13-14,18-20,23H,6-7,10H2,(H2,22,24)/t13-,14+,18+,19+,20+/m0/s1. The summed E-state index contributed by atoms with van der Waals surface area (Å²) in [6, 6.07) is 17.1. The number of anilines is 1. The maximum absolute atomic E-state index is 11.6. The van der Waals surface area contributed by atoms with Crippen LogP contribution in [-0.4, -0.2) is 5.91 Å². The molecule has 2 bridgehead atoms. The van der Waals surface area contributed by atoms with Crippen LogP contribution in [0.3, 0.4) is 0 Å². The van der Waals surface area contributed by atoms with Crippen molar-refractivity contribution in [2.75, 3.05) is 5.32 Å². The molecule has 3 heteroatoms. The SMILES string of the molecule is NC(=O)c1ccc2c(c1)[C@H]1[C@H]3CC[C@H](C3)[C@H]1[C@@H](c1ccccc1)N2. The van der Waals surface area contributed by atoms with Crippen molar-refractivity contribution in [1.29, 1.82) is 0 Å². The Morgan fingerprint density at radius 3 is 2.62 bits per heavy atom. The van der Waals surface area contributed by atoms with Gasteiger partial charge in [0.05, 0.1) is 6.04 Å². The van der Waals surface area contributed by atoms with Gasteiger partial charge in [-0.1, -0.05) is 30.3 Å². The lowest BCUT2D eigenvalue weighted by molar-refractivity contribution is 0.1000. The lowest BCUT2D eigenvalue weighted by atomic mass is 9.68. The molecule has 122 valence electrons. The van der Waals surface area contributed by atoms with Gasteiger partial charge in [-0.25, -0.2) is 0 Å². The molecule has 3 N–H and O–H groups in total. The van der Waals surface area contributed by atoms with Crippen LogP contribution in [0.5, 0.6) is 0 Å². The van der Waals surface area contributed by atoms with Gasteiger partial charge >= 0.3 is 0 Å². The summed E-state index contributed by atoms with van der Waals surface area (Å²) in [6.07, 6.45) is 4.01. The molecule has 0 radical (unpaired) electrons. The lowest BCUT2D eigenvalue weighted by Gasteiger charge is -2.43. The van der Waals surface area contributed by atoms with Gasteiger partial charge in [0.15, 0.2) is 0 Å². The number of primary amides is 1. The van der Waals surface area contributed by atoms with E-state index in [0.29, 0.717) is 23.4 Å². The second-order valence-electron chi connectivity index (χ2n) is 7.64. The van der Waals surface area contributed by atoms with Gasteiger partial charge < -0.3 is 11.1 Å². The van der Waals surface area contributed by atoms with Gasteiger partial charge in [0, 0.05) is 11.3 Å². The number of benzene rings is 2. The van der Waals surface area contributed by atoms with Gasteiger partial charge in [-0.2, -0.15) is 0 Å². The Hall–Kier alpha value is -2.29.